The average molecular weight is 183 g/mol. The maximum Gasteiger partial charge on any atom is 0.151 e. The largest absolute Gasteiger partial charge is 0.298 e. The Bertz CT molecular complexity index is 437. The fourth-order valence-electron chi connectivity index (χ4n) is 1.31. The fourth-order valence-corrected chi connectivity index (χ4v) is 1.31. The molecule has 0 saturated heterocycles. The summed E-state index contributed by atoms with van der Waals surface area (Å²) in [6, 6.07) is 11.7. The van der Waals surface area contributed by atoms with Crippen LogP contribution in [0.2, 0.25) is 0 Å². The van der Waals surface area contributed by atoms with E-state index >= 15 is 0 Å². The van der Waals surface area contributed by atoms with Crippen LogP contribution < -0.4 is 0 Å². The van der Waals surface area contributed by atoms with Crippen LogP contribution in [0.3, 0.4) is 0 Å². The summed E-state index contributed by atoms with van der Waals surface area (Å²) >= 11 is 0. The van der Waals surface area contributed by atoms with Crippen LogP contribution >= 0.6 is 0 Å². The first-order valence-corrected chi connectivity index (χ1v) is 4.36. The van der Waals surface area contributed by atoms with E-state index in [9.17, 15) is 4.79 Å². The van der Waals surface area contributed by atoms with Crippen molar-refractivity contribution in [1.29, 1.82) is 0 Å². The lowest BCUT2D eigenvalue weighted by atomic mass is 10.1. The molecule has 2 rings (SSSR count). The summed E-state index contributed by atoms with van der Waals surface area (Å²) in [6.07, 6.45) is 4.11. The van der Waals surface area contributed by atoms with Crippen LogP contribution in [0.15, 0.2) is 48.8 Å². The Labute approximate surface area is 82.2 Å². The average Bonchev–Trinajstić information content (AvgIpc) is 2.30. The van der Waals surface area contributed by atoms with E-state index in [0.717, 1.165) is 17.4 Å². The van der Waals surface area contributed by atoms with Crippen molar-refractivity contribution in [2.24, 2.45) is 0 Å². The van der Waals surface area contributed by atoms with Gasteiger partial charge in [0.25, 0.3) is 0 Å². The van der Waals surface area contributed by atoms with Crippen LogP contribution in [0.25, 0.3) is 11.1 Å². The zero-order valence-corrected chi connectivity index (χ0v) is 7.55. The molecule has 0 aliphatic rings. The van der Waals surface area contributed by atoms with E-state index in [1.54, 1.807) is 12.4 Å². The summed E-state index contributed by atoms with van der Waals surface area (Å²) in [6.45, 7) is 0. The lowest BCUT2D eigenvalue weighted by Crippen LogP contribution is -1.84. The second kappa shape index (κ2) is 3.83. The van der Waals surface area contributed by atoms with E-state index in [4.69, 9.17) is 0 Å². The molecular formula is C12H9NO. The first kappa shape index (κ1) is 8.63. The zero-order chi connectivity index (χ0) is 9.80. The number of carbonyl (C=O) groups excluding carboxylic acids is 1. The highest BCUT2D eigenvalue weighted by molar-refractivity contribution is 5.77. The quantitative estimate of drug-likeness (QED) is 0.670. The first-order chi connectivity index (χ1) is 6.90. The van der Waals surface area contributed by atoms with Crippen molar-refractivity contribution >= 4 is 6.29 Å². The Morgan fingerprint density at radius 2 is 1.79 bits per heavy atom. The number of nitrogens with zero attached hydrogens (tertiary/aromatic N) is 1. The minimum absolute atomic E-state index is 0.603. The van der Waals surface area contributed by atoms with Gasteiger partial charge in [0.15, 0.2) is 6.29 Å². The van der Waals surface area contributed by atoms with Gasteiger partial charge in [-0.15, -0.1) is 0 Å². The van der Waals surface area contributed by atoms with Gasteiger partial charge in [-0.3, -0.25) is 9.78 Å². The Kier molecular flexibility index (Phi) is 2.36. The second-order valence-corrected chi connectivity index (χ2v) is 2.99. The van der Waals surface area contributed by atoms with E-state index < -0.39 is 0 Å². The van der Waals surface area contributed by atoms with E-state index in [1.165, 1.54) is 0 Å². The molecule has 0 N–H and O–H groups in total. The summed E-state index contributed by atoms with van der Waals surface area (Å²) in [5.41, 5.74) is 2.64. The van der Waals surface area contributed by atoms with Crippen LogP contribution in [0.5, 0.6) is 0 Å². The van der Waals surface area contributed by atoms with Crippen LogP contribution in [0, 0.1) is 0 Å². The van der Waals surface area contributed by atoms with Crippen LogP contribution in [0.4, 0.5) is 0 Å². The molecule has 1 aromatic heterocycles. The van der Waals surface area contributed by atoms with Gasteiger partial charge in [-0.25, -0.2) is 0 Å². The van der Waals surface area contributed by atoms with Crippen LogP contribution in [-0.2, 0) is 0 Å². The third kappa shape index (κ3) is 1.69. The molecule has 0 spiro atoms. The number of aromatic nitrogens is 1. The zero-order valence-electron chi connectivity index (χ0n) is 7.55. The number of carbonyl (C=O) groups is 1. The molecule has 0 bridgehead atoms. The van der Waals surface area contributed by atoms with E-state index in [1.807, 2.05) is 36.4 Å². The van der Waals surface area contributed by atoms with Crippen LogP contribution in [0.1, 0.15) is 10.4 Å². The van der Waals surface area contributed by atoms with Crippen molar-refractivity contribution in [3.8, 4) is 11.1 Å². The minimum Gasteiger partial charge on any atom is -0.298 e. The van der Waals surface area contributed by atoms with Gasteiger partial charge in [0.2, 0.25) is 0 Å². The van der Waals surface area contributed by atoms with Crippen molar-refractivity contribution < 1.29 is 4.79 Å². The first-order valence-electron chi connectivity index (χ1n) is 4.36. The maximum absolute atomic E-state index is 10.6. The molecule has 0 aliphatic heterocycles. The lowest BCUT2D eigenvalue weighted by molar-refractivity contribution is 0.112. The van der Waals surface area contributed by atoms with Gasteiger partial charge in [0, 0.05) is 23.5 Å². The van der Waals surface area contributed by atoms with E-state index in [-0.39, 0.29) is 0 Å². The maximum atomic E-state index is 10.6. The number of hydrogen-bond acceptors (Lipinski definition) is 2. The van der Waals surface area contributed by atoms with Gasteiger partial charge >= 0.3 is 0 Å². The molecule has 68 valence electrons. The third-order valence-electron chi connectivity index (χ3n) is 2.00. The molecule has 0 aliphatic carbocycles. The Morgan fingerprint density at radius 3 is 2.50 bits per heavy atom. The molecule has 0 saturated carbocycles. The Balaban J connectivity index is 2.47. The molecular weight excluding hydrogens is 174 g/mol. The molecule has 1 aromatic carbocycles. The molecule has 1 heterocycles. The van der Waals surface area contributed by atoms with Gasteiger partial charge < -0.3 is 0 Å². The van der Waals surface area contributed by atoms with Gasteiger partial charge in [-0.1, -0.05) is 30.3 Å². The van der Waals surface area contributed by atoms with Crippen molar-refractivity contribution in [2.45, 2.75) is 0 Å². The van der Waals surface area contributed by atoms with Crippen LogP contribution in [-0.4, -0.2) is 11.3 Å². The molecule has 0 amide bonds. The standard InChI is InChI=1S/C12H9NO/c14-9-10-6-12(8-13-7-10)11-4-2-1-3-5-11/h1-9H. The predicted octanol–water partition coefficient (Wildman–Crippen LogP) is 2.56. The molecule has 14 heavy (non-hydrogen) atoms. The highest BCUT2D eigenvalue weighted by atomic mass is 16.1. The minimum atomic E-state index is 0.603. The summed E-state index contributed by atoms with van der Waals surface area (Å²) in [4.78, 5) is 14.6. The second-order valence-electron chi connectivity index (χ2n) is 2.99. The van der Waals surface area contributed by atoms with Crippen molar-refractivity contribution in [2.75, 3.05) is 0 Å². The van der Waals surface area contributed by atoms with Gasteiger partial charge in [0.05, 0.1) is 0 Å². The molecule has 0 radical (unpaired) electrons. The SMILES string of the molecule is O=Cc1cncc(-c2ccccc2)c1. The number of hydrogen-bond donors (Lipinski definition) is 0. The van der Waals surface area contributed by atoms with Gasteiger partial charge in [0.1, 0.15) is 0 Å². The molecule has 0 unspecified atom stereocenters. The summed E-state index contributed by atoms with van der Waals surface area (Å²) in [5, 5.41) is 0. The predicted molar refractivity (Wildman–Crippen MR) is 55.1 cm³/mol. The number of aldehydes is 1. The van der Waals surface area contributed by atoms with E-state index in [2.05, 4.69) is 4.98 Å². The van der Waals surface area contributed by atoms with E-state index in [0.29, 0.717) is 5.56 Å². The molecule has 2 nitrogen and oxygen atoms in total. The normalized spacial score (nSPS) is 9.71. The molecule has 2 heteroatoms. The lowest BCUT2D eigenvalue weighted by Gasteiger charge is -2.00. The number of benzene rings is 1. The molecule has 0 atom stereocenters. The number of pyridine rings is 1. The fraction of sp³-hybridized carbons (Fsp3) is 0. The smallest absolute Gasteiger partial charge is 0.151 e. The van der Waals surface area contributed by atoms with Crippen molar-refractivity contribution in [3.63, 3.8) is 0 Å². The third-order valence-corrected chi connectivity index (χ3v) is 2.00. The highest BCUT2D eigenvalue weighted by Crippen LogP contribution is 2.17. The summed E-state index contributed by atoms with van der Waals surface area (Å²) in [5.74, 6) is 0. The Hall–Kier alpha value is -1.96. The summed E-state index contributed by atoms with van der Waals surface area (Å²) < 4.78 is 0. The van der Waals surface area contributed by atoms with Crippen molar-refractivity contribution in [3.05, 3.63) is 54.4 Å². The van der Waals surface area contributed by atoms with Crippen molar-refractivity contribution in [1.82, 2.24) is 4.98 Å². The highest BCUT2D eigenvalue weighted by Gasteiger charge is 1.97. The van der Waals surface area contributed by atoms with Gasteiger partial charge in [-0.05, 0) is 11.6 Å². The molecule has 0 fully saturated rings. The van der Waals surface area contributed by atoms with Gasteiger partial charge in [-0.2, -0.15) is 0 Å². The molecule has 2 aromatic rings. The topological polar surface area (TPSA) is 30.0 Å². The number of rotatable bonds is 2. The summed E-state index contributed by atoms with van der Waals surface area (Å²) in [7, 11) is 0. The monoisotopic (exact) mass is 183 g/mol. The Morgan fingerprint density at radius 1 is 1.00 bits per heavy atom.